The molecule has 1 fully saturated rings. The number of ether oxygens (including phenoxy) is 1. The van der Waals surface area contributed by atoms with Crippen molar-refractivity contribution in [1.82, 2.24) is 20.9 Å². The Labute approximate surface area is 157 Å². The van der Waals surface area contributed by atoms with E-state index in [0.29, 0.717) is 19.5 Å². The van der Waals surface area contributed by atoms with E-state index in [1.54, 1.807) is 7.05 Å². The van der Waals surface area contributed by atoms with E-state index in [9.17, 15) is 9.59 Å². The van der Waals surface area contributed by atoms with E-state index >= 15 is 0 Å². The van der Waals surface area contributed by atoms with Gasteiger partial charge in [-0.2, -0.15) is 0 Å². The number of amides is 2. The fourth-order valence-electron chi connectivity index (χ4n) is 2.61. The maximum atomic E-state index is 11.9. The summed E-state index contributed by atoms with van der Waals surface area (Å²) in [6.45, 7) is 11.5. The molecular weight excluding hydrogens is 334 g/mol. The zero-order valence-corrected chi connectivity index (χ0v) is 17.0. The Hall–Kier alpha value is -1.99. The molecule has 8 heteroatoms. The summed E-state index contributed by atoms with van der Waals surface area (Å²) in [6, 6.07) is 0.220. The molecule has 1 aliphatic heterocycles. The van der Waals surface area contributed by atoms with Gasteiger partial charge in [-0.05, 0) is 40.5 Å². The molecule has 0 radical (unpaired) electrons. The van der Waals surface area contributed by atoms with Crippen LogP contribution >= 0.6 is 0 Å². The van der Waals surface area contributed by atoms with Gasteiger partial charge in [0.25, 0.3) is 0 Å². The molecule has 3 N–H and O–H groups in total. The molecule has 1 rings (SSSR count). The highest BCUT2D eigenvalue weighted by atomic mass is 16.6. The number of carbonyl (C=O) groups excluding carboxylic acids is 2. The third kappa shape index (κ3) is 8.40. The Bertz CT molecular complexity index is 502. The van der Waals surface area contributed by atoms with Crippen molar-refractivity contribution in [3.63, 3.8) is 0 Å². The maximum absolute atomic E-state index is 11.9. The Balaban J connectivity index is 2.36. The van der Waals surface area contributed by atoms with E-state index in [2.05, 4.69) is 25.8 Å². The lowest BCUT2D eigenvalue weighted by atomic mass is 10.2. The van der Waals surface area contributed by atoms with Crippen molar-refractivity contribution in [3.8, 4) is 0 Å². The van der Waals surface area contributed by atoms with Crippen molar-refractivity contribution in [2.75, 3.05) is 26.7 Å². The average Bonchev–Trinajstić information content (AvgIpc) is 2.97. The number of likely N-dealkylation sites (tertiary alicyclic amines) is 1. The Morgan fingerprint density at radius 2 is 2.04 bits per heavy atom. The van der Waals surface area contributed by atoms with Gasteiger partial charge in [0, 0.05) is 39.1 Å². The fraction of sp³-hybridized carbons (Fsp3) is 0.833. The van der Waals surface area contributed by atoms with Crippen LogP contribution < -0.4 is 16.0 Å². The van der Waals surface area contributed by atoms with Crippen LogP contribution in [0.25, 0.3) is 0 Å². The smallest absolute Gasteiger partial charge is 0.407 e. The van der Waals surface area contributed by atoms with E-state index in [1.165, 1.54) is 0 Å². The number of carbonyl (C=O) groups is 2. The first-order valence-corrected chi connectivity index (χ1v) is 9.39. The van der Waals surface area contributed by atoms with Gasteiger partial charge in [0.2, 0.25) is 5.91 Å². The summed E-state index contributed by atoms with van der Waals surface area (Å²) in [5.74, 6) is 0.781. The molecule has 0 spiro atoms. The first kappa shape index (κ1) is 22.1. The standard InChI is InChI=1S/C18H35N5O3/c1-7-13(2)21-15(24)8-10-20-16(19-6)23-11-9-14(12-23)22-17(25)26-18(3,4)5/h13-14H,7-12H2,1-6H3,(H,19,20)(H,21,24)(H,22,25). The molecule has 1 aliphatic rings. The van der Waals surface area contributed by atoms with E-state index in [1.807, 2.05) is 34.6 Å². The number of alkyl carbamates (subject to hydrolysis) is 1. The Morgan fingerprint density at radius 3 is 2.62 bits per heavy atom. The van der Waals surface area contributed by atoms with Gasteiger partial charge in [-0.3, -0.25) is 9.79 Å². The number of rotatable bonds is 6. The summed E-state index contributed by atoms with van der Waals surface area (Å²) < 4.78 is 5.29. The van der Waals surface area contributed by atoms with Crippen LogP contribution in [0.1, 0.15) is 53.9 Å². The molecule has 1 saturated heterocycles. The predicted octanol–water partition coefficient (Wildman–Crippen LogP) is 1.47. The zero-order valence-electron chi connectivity index (χ0n) is 17.0. The van der Waals surface area contributed by atoms with Crippen molar-refractivity contribution < 1.29 is 14.3 Å². The second-order valence-corrected chi connectivity index (χ2v) is 7.68. The molecular formula is C18H35N5O3. The highest BCUT2D eigenvalue weighted by molar-refractivity contribution is 5.81. The second-order valence-electron chi connectivity index (χ2n) is 7.68. The highest BCUT2D eigenvalue weighted by Crippen LogP contribution is 2.12. The zero-order chi connectivity index (χ0) is 19.7. The van der Waals surface area contributed by atoms with Gasteiger partial charge in [-0.25, -0.2) is 4.79 Å². The molecule has 0 aromatic heterocycles. The van der Waals surface area contributed by atoms with Crippen molar-refractivity contribution in [2.45, 2.75) is 71.6 Å². The summed E-state index contributed by atoms with van der Waals surface area (Å²) in [5.41, 5.74) is -0.504. The molecule has 150 valence electrons. The lowest BCUT2D eigenvalue weighted by Crippen LogP contribution is -2.45. The molecule has 2 amide bonds. The van der Waals surface area contributed by atoms with Crippen molar-refractivity contribution in [3.05, 3.63) is 0 Å². The van der Waals surface area contributed by atoms with Crippen LogP contribution in [0, 0.1) is 0 Å². The van der Waals surface area contributed by atoms with Gasteiger partial charge in [0.05, 0.1) is 6.04 Å². The van der Waals surface area contributed by atoms with E-state index in [-0.39, 0.29) is 18.0 Å². The first-order chi connectivity index (χ1) is 12.1. The predicted molar refractivity (Wildman–Crippen MR) is 103 cm³/mol. The largest absolute Gasteiger partial charge is 0.444 e. The second kappa shape index (κ2) is 10.2. The van der Waals surface area contributed by atoms with E-state index in [4.69, 9.17) is 4.74 Å². The first-order valence-electron chi connectivity index (χ1n) is 9.39. The molecule has 1 heterocycles. The summed E-state index contributed by atoms with van der Waals surface area (Å²) in [7, 11) is 1.72. The molecule has 2 atom stereocenters. The third-order valence-corrected chi connectivity index (χ3v) is 4.08. The number of guanidine groups is 1. The number of nitrogens with one attached hydrogen (secondary N) is 3. The van der Waals surface area contributed by atoms with Crippen molar-refractivity contribution in [2.24, 2.45) is 4.99 Å². The minimum absolute atomic E-state index is 0.0251. The number of hydrogen-bond acceptors (Lipinski definition) is 4. The number of nitrogens with zero attached hydrogens (tertiary/aromatic N) is 2. The van der Waals surface area contributed by atoms with Crippen LogP contribution in [-0.4, -0.2) is 67.2 Å². The SMILES string of the molecule is CCC(C)NC(=O)CCNC(=NC)N1CCC(NC(=O)OC(C)(C)C)C1. The quantitative estimate of drug-likeness (QED) is 0.487. The Kier molecular flexibility index (Phi) is 8.68. The lowest BCUT2D eigenvalue weighted by molar-refractivity contribution is -0.121. The minimum Gasteiger partial charge on any atom is -0.444 e. The highest BCUT2D eigenvalue weighted by Gasteiger charge is 2.27. The van der Waals surface area contributed by atoms with E-state index in [0.717, 1.165) is 25.3 Å². The summed E-state index contributed by atoms with van der Waals surface area (Å²) >= 11 is 0. The van der Waals surface area contributed by atoms with Crippen molar-refractivity contribution >= 4 is 18.0 Å². The van der Waals surface area contributed by atoms with Crippen LogP contribution in [0.15, 0.2) is 4.99 Å². The minimum atomic E-state index is -0.504. The monoisotopic (exact) mass is 369 g/mol. The average molecular weight is 370 g/mol. The summed E-state index contributed by atoms with van der Waals surface area (Å²) in [4.78, 5) is 30.1. The third-order valence-electron chi connectivity index (χ3n) is 4.08. The molecule has 0 aromatic carbocycles. The topological polar surface area (TPSA) is 95.1 Å². The van der Waals surface area contributed by atoms with Gasteiger partial charge < -0.3 is 25.6 Å². The molecule has 2 unspecified atom stereocenters. The van der Waals surface area contributed by atoms with Crippen LogP contribution in [0.4, 0.5) is 4.79 Å². The summed E-state index contributed by atoms with van der Waals surface area (Å²) in [5, 5.41) is 9.06. The molecule has 0 saturated carbocycles. The summed E-state index contributed by atoms with van der Waals surface area (Å²) in [6.07, 6.45) is 1.75. The molecule has 0 aliphatic carbocycles. The van der Waals surface area contributed by atoms with Gasteiger partial charge >= 0.3 is 6.09 Å². The Morgan fingerprint density at radius 1 is 1.35 bits per heavy atom. The van der Waals surface area contributed by atoms with Gasteiger partial charge in [0.1, 0.15) is 5.60 Å². The normalized spacial score (nSPS) is 19.1. The number of hydrogen-bond donors (Lipinski definition) is 3. The van der Waals surface area contributed by atoms with Gasteiger partial charge in [-0.15, -0.1) is 0 Å². The van der Waals surface area contributed by atoms with Gasteiger partial charge in [-0.1, -0.05) is 6.92 Å². The molecule has 0 bridgehead atoms. The fourth-order valence-corrected chi connectivity index (χ4v) is 2.61. The van der Waals surface area contributed by atoms with E-state index < -0.39 is 11.7 Å². The van der Waals surface area contributed by atoms with Crippen LogP contribution in [0.2, 0.25) is 0 Å². The van der Waals surface area contributed by atoms with Crippen molar-refractivity contribution in [1.29, 1.82) is 0 Å². The van der Waals surface area contributed by atoms with Crippen LogP contribution in [0.3, 0.4) is 0 Å². The lowest BCUT2D eigenvalue weighted by Gasteiger charge is -2.23. The molecule has 26 heavy (non-hydrogen) atoms. The van der Waals surface area contributed by atoms with Gasteiger partial charge in [0.15, 0.2) is 5.96 Å². The van der Waals surface area contributed by atoms with Crippen LogP contribution in [-0.2, 0) is 9.53 Å². The molecule has 0 aromatic rings. The maximum Gasteiger partial charge on any atom is 0.407 e. The van der Waals surface area contributed by atoms with Crippen LogP contribution in [0.5, 0.6) is 0 Å². The number of aliphatic imine (C=N–C) groups is 1. The molecule has 8 nitrogen and oxygen atoms in total.